The Kier molecular flexibility index (Phi) is 46.4. The van der Waals surface area contributed by atoms with Gasteiger partial charge in [0.05, 0.1) is 0 Å². The molecule has 1 unspecified atom stereocenters. The number of carbonyl (C=O) groups excluding carboxylic acids is 3. The first-order chi connectivity index (χ1) is 29.5. The Bertz CT molecular complexity index is 1100. The summed E-state index contributed by atoms with van der Waals surface area (Å²) in [6.07, 6.45) is 59.3. The van der Waals surface area contributed by atoms with Gasteiger partial charge >= 0.3 is 17.9 Å². The van der Waals surface area contributed by atoms with E-state index < -0.39 is 6.10 Å². The van der Waals surface area contributed by atoms with Crippen molar-refractivity contribution in [3.8, 4) is 0 Å². The zero-order valence-electron chi connectivity index (χ0n) is 39.5. The second kappa shape index (κ2) is 48.8. The lowest BCUT2D eigenvalue weighted by atomic mass is 10.1. The number of hydrogen-bond donors (Lipinski definition) is 0. The van der Waals surface area contributed by atoms with Crippen LogP contribution in [0.3, 0.4) is 0 Å². The Morgan fingerprint density at radius 3 is 1.03 bits per heavy atom. The van der Waals surface area contributed by atoms with E-state index in [9.17, 15) is 14.4 Å². The molecule has 0 aliphatic heterocycles. The highest BCUT2D eigenvalue weighted by molar-refractivity contribution is 5.71. The van der Waals surface area contributed by atoms with E-state index in [-0.39, 0.29) is 31.1 Å². The van der Waals surface area contributed by atoms with Crippen LogP contribution in [0.4, 0.5) is 0 Å². The Morgan fingerprint density at radius 2 is 0.650 bits per heavy atom. The number of esters is 3. The van der Waals surface area contributed by atoms with Crippen molar-refractivity contribution >= 4 is 17.9 Å². The van der Waals surface area contributed by atoms with E-state index in [2.05, 4.69) is 81.5 Å². The van der Waals surface area contributed by atoms with Crippen molar-refractivity contribution in [2.45, 2.75) is 252 Å². The van der Waals surface area contributed by atoms with Crippen molar-refractivity contribution in [2.24, 2.45) is 0 Å². The lowest BCUT2D eigenvalue weighted by molar-refractivity contribution is -0.167. The number of allylic oxidation sites excluding steroid dienone is 10. The molecule has 0 aromatic carbocycles. The molecule has 1 atom stereocenters. The van der Waals surface area contributed by atoms with E-state index in [4.69, 9.17) is 14.2 Å². The predicted molar refractivity (Wildman–Crippen MR) is 256 cm³/mol. The molecule has 0 spiro atoms. The highest BCUT2D eigenvalue weighted by Crippen LogP contribution is 2.14. The summed E-state index contributed by atoms with van der Waals surface area (Å²) in [7, 11) is 0. The maximum Gasteiger partial charge on any atom is 0.306 e. The van der Waals surface area contributed by atoms with Crippen LogP contribution in [-0.4, -0.2) is 37.2 Å². The minimum absolute atomic E-state index is 0.0851. The van der Waals surface area contributed by atoms with Crippen LogP contribution in [0.1, 0.15) is 245 Å². The molecule has 346 valence electrons. The van der Waals surface area contributed by atoms with Gasteiger partial charge in [-0.2, -0.15) is 0 Å². The van der Waals surface area contributed by atoms with Crippen LogP contribution < -0.4 is 0 Å². The SMILES string of the molecule is CC/C=C\C/C=C\C/C=C\C/C=C\CCCCCCC(=O)OC(COC(=O)CCCCCCCCC)COC(=O)CCCCCCCCC/C=C\CCCCCCCCC. The lowest BCUT2D eigenvalue weighted by Crippen LogP contribution is -2.30. The molecule has 0 aliphatic rings. The van der Waals surface area contributed by atoms with Crippen molar-refractivity contribution in [3.63, 3.8) is 0 Å². The maximum atomic E-state index is 12.7. The Labute approximate surface area is 370 Å². The molecule has 0 saturated heterocycles. The molecule has 0 fully saturated rings. The topological polar surface area (TPSA) is 78.9 Å². The Balaban J connectivity index is 4.31. The van der Waals surface area contributed by atoms with Gasteiger partial charge in [0.25, 0.3) is 0 Å². The van der Waals surface area contributed by atoms with Gasteiger partial charge in [-0.3, -0.25) is 14.4 Å². The second-order valence-electron chi connectivity index (χ2n) is 16.7. The number of rotatable bonds is 45. The van der Waals surface area contributed by atoms with Gasteiger partial charge in [0, 0.05) is 19.3 Å². The summed E-state index contributed by atoms with van der Waals surface area (Å²) in [4.78, 5) is 37.8. The quantitative estimate of drug-likeness (QED) is 0.0263. The highest BCUT2D eigenvalue weighted by atomic mass is 16.6. The molecule has 0 saturated carbocycles. The highest BCUT2D eigenvalue weighted by Gasteiger charge is 2.19. The van der Waals surface area contributed by atoms with Crippen molar-refractivity contribution in [3.05, 3.63) is 60.8 Å². The van der Waals surface area contributed by atoms with Crippen molar-refractivity contribution < 1.29 is 28.6 Å². The molecule has 60 heavy (non-hydrogen) atoms. The number of unbranched alkanes of at least 4 members (excludes halogenated alkanes) is 24. The van der Waals surface area contributed by atoms with Gasteiger partial charge in [0.2, 0.25) is 0 Å². The van der Waals surface area contributed by atoms with Gasteiger partial charge in [-0.15, -0.1) is 0 Å². The minimum atomic E-state index is -0.784. The van der Waals surface area contributed by atoms with Gasteiger partial charge in [-0.1, -0.05) is 204 Å². The normalized spacial score (nSPS) is 12.5. The first kappa shape index (κ1) is 57.1. The number of ether oxygens (including phenoxy) is 3. The van der Waals surface area contributed by atoms with Crippen LogP contribution >= 0.6 is 0 Å². The monoisotopic (exact) mass is 839 g/mol. The third kappa shape index (κ3) is 46.2. The zero-order chi connectivity index (χ0) is 43.7. The van der Waals surface area contributed by atoms with Gasteiger partial charge in [0.1, 0.15) is 13.2 Å². The van der Waals surface area contributed by atoms with E-state index >= 15 is 0 Å². The summed E-state index contributed by atoms with van der Waals surface area (Å²) in [6, 6.07) is 0. The molecule has 0 aromatic heterocycles. The summed E-state index contributed by atoms with van der Waals surface area (Å²) in [5, 5.41) is 0. The largest absolute Gasteiger partial charge is 0.462 e. The predicted octanol–water partition coefficient (Wildman–Crippen LogP) is 16.5. The molecule has 0 radical (unpaired) electrons. The molecular weight excluding hydrogens is 745 g/mol. The summed E-state index contributed by atoms with van der Waals surface area (Å²) in [5.41, 5.74) is 0. The second-order valence-corrected chi connectivity index (χ2v) is 16.7. The number of carbonyl (C=O) groups is 3. The number of hydrogen-bond acceptors (Lipinski definition) is 6. The standard InChI is InChI=1S/C54H94O6/c1-4-7-10-13-16-18-20-22-24-26-28-29-31-33-35-38-41-44-47-53(56)59-50-51(49-58-52(55)46-43-40-37-15-12-9-6-3)60-54(57)48-45-42-39-36-34-32-30-27-25-23-21-19-17-14-11-8-5-2/h8,11,17,19,23-26,30,32,51H,4-7,9-10,12-16,18,20-22,27-29,31,33-50H2,1-3H3/b11-8-,19-17-,25-23-,26-24-,32-30-. The summed E-state index contributed by atoms with van der Waals surface area (Å²) < 4.78 is 16.7. The molecular formula is C54H94O6. The summed E-state index contributed by atoms with van der Waals surface area (Å²) >= 11 is 0. The van der Waals surface area contributed by atoms with Crippen molar-refractivity contribution in [1.29, 1.82) is 0 Å². The van der Waals surface area contributed by atoms with Crippen LogP contribution in [0.25, 0.3) is 0 Å². The average molecular weight is 839 g/mol. The third-order valence-electron chi connectivity index (χ3n) is 10.8. The molecule has 0 N–H and O–H groups in total. The minimum Gasteiger partial charge on any atom is -0.462 e. The van der Waals surface area contributed by atoms with E-state index in [1.54, 1.807) is 0 Å². The Hall–Kier alpha value is -2.89. The molecule has 0 heterocycles. The molecule has 0 aromatic rings. The van der Waals surface area contributed by atoms with Gasteiger partial charge in [-0.05, 0) is 83.5 Å². The molecule has 0 rings (SSSR count). The summed E-state index contributed by atoms with van der Waals surface area (Å²) in [6.45, 7) is 6.46. The van der Waals surface area contributed by atoms with E-state index in [1.807, 2.05) is 0 Å². The third-order valence-corrected chi connectivity index (χ3v) is 10.8. The first-order valence-electron chi connectivity index (χ1n) is 25.3. The van der Waals surface area contributed by atoms with Crippen molar-refractivity contribution in [2.75, 3.05) is 13.2 Å². The van der Waals surface area contributed by atoms with Gasteiger partial charge in [-0.25, -0.2) is 0 Å². The van der Waals surface area contributed by atoms with Gasteiger partial charge < -0.3 is 14.2 Å². The fraction of sp³-hybridized carbons (Fsp3) is 0.759. The van der Waals surface area contributed by atoms with Crippen molar-refractivity contribution in [1.82, 2.24) is 0 Å². The Morgan fingerprint density at radius 1 is 0.350 bits per heavy atom. The van der Waals surface area contributed by atoms with E-state index in [0.29, 0.717) is 19.3 Å². The van der Waals surface area contributed by atoms with Crippen LogP contribution in [0.5, 0.6) is 0 Å². The fourth-order valence-electron chi connectivity index (χ4n) is 6.96. The van der Waals surface area contributed by atoms with E-state index in [1.165, 1.54) is 109 Å². The maximum absolute atomic E-state index is 12.7. The van der Waals surface area contributed by atoms with Crippen LogP contribution in [0, 0.1) is 0 Å². The molecule has 0 bridgehead atoms. The van der Waals surface area contributed by atoms with Gasteiger partial charge in [0.15, 0.2) is 6.10 Å². The smallest absolute Gasteiger partial charge is 0.306 e. The summed E-state index contributed by atoms with van der Waals surface area (Å²) in [5.74, 6) is -0.918. The molecule has 0 aliphatic carbocycles. The van der Waals surface area contributed by atoms with E-state index in [0.717, 1.165) is 96.3 Å². The van der Waals surface area contributed by atoms with Crippen LogP contribution in [0.15, 0.2) is 60.8 Å². The lowest BCUT2D eigenvalue weighted by Gasteiger charge is -2.18. The van der Waals surface area contributed by atoms with Crippen LogP contribution in [-0.2, 0) is 28.6 Å². The fourth-order valence-corrected chi connectivity index (χ4v) is 6.96. The molecule has 6 heteroatoms. The average Bonchev–Trinajstić information content (AvgIpc) is 3.24. The first-order valence-corrected chi connectivity index (χ1v) is 25.3. The van der Waals surface area contributed by atoms with Crippen LogP contribution in [0.2, 0.25) is 0 Å². The molecule has 0 amide bonds. The zero-order valence-corrected chi connectivity index (χ0v) is 39.5. The molecule has 6 nitrogen and oxygen atoms in total.